The first-order chi connectivity index (χ1) is 0. The van der Waals surface area contributed by atoms with Crippen molar-refractivity contribution in [2.45, 2.75) is 0 Å². The minimum Gasteiger partial charge on any atom is -2.00 e. The van der Waals surface area contributed by atoms with Crippen LogP contribution in [-0.4, -0.2) is 17.4 Å². The maximum Gasteiger partial charge on any atom is 4.00 e. The van der Waals surface area contributed by atoms with Gasteiger partial charge in [-0.3, -0.25) is 0 Å². The van der Waals surface area contributed by atoms with Gasteiger partial charge in [0.05, 0.1) is 0 Å². The fraction of sp³-hybridized carbons (Fsp3) is 0. The van der Waals surface area contributed by atoms with Crippen LogP contribution in [0.15, 0.2) is 0 Å². The van der Waals surface area contributed by atoms with Crippen molar-refractivity contribution in [1.82, 2.24) is 0 Å². The molecule has 0 rings (SSSR count). The molecule has 0 radical (unpaired) electrons. The Balaban J connectivity index is 0. The molecule has 0 aliphatic rings. The van der Waals surface area contributed by atoms with E-state index in [0.717, 1.165) is 0 Å². The molecule has 0 fully saturated rings. The molecule has 0 aromatic carbocycles. The minimum absolute atomic E-state index is 0. The summed E-state index contributed by atoms with van der Waals surface area (Å²) in [7, 11) is 0. The van der Waals surface area contributed by atoms with E-state index in [2.05, 4.69) is 0 Å². The van der Waals surface area contributed by atoms with Crippen LogP contribution < -0.4 is 0 Å². The van der Waals surface area contributed by atoms with Crippen molar-refractivity contribution in [3.8, 4) is 0 Å². The summed E-state index contributed by atoms with van der Waals surface area (Å²) in [6.45, 7) is 0. The molecule has 0 spiro atoms. The zero-order valence-electron chi connectivity index (χ0n) is 1.89. The zero-order chi connectivity index (χ0) is 0. The molecule has 16 valence electrons. The first-order valence-corrected chi connectivity index (χ1v) is 0. The summed E-state index contributed by atoms with van der Waals surface area (Å²) >= 11 is 0. The largest absolute Gasteiger partial charge is 4.00 e. The van der Waals surface area contributed by atoms with E-state index in [-0.39, 0.29) is 54.2 Å². The summed E-state index contributed by atoms with van der Waals surface area (Å²) in [5, 5.41) is 0. The molecule has 0 saturated carbocycles. The Morgan fingerprint density at radius 3 is 0.750 bits per heavy atom. The van der Waals surface area contributed by atoms with Crippen LogP contribution in [0.4, 0.5) is 0 Å². The third kappa shape index (κ3) is 10.2. The van der Waals surface area contributed by atoms with E-state index >= 15 is 0 Å². The summed E-state index contributed by atoms with van der Waals surface area (Å²) in [6, 6.07) is 0. The zero-order valence-corrected chi connectivity index (χ0v) is 6.64. The molecular formula is AlHfO2+3. The van der Waals surface area contributed by atoms with E-state index in [1.807, 2.05) is 0 Å². The Bertz CT molecular complexity index is 6.00. The van der Waals surface area contributed by atoms with Crippen LogP contribution in [0.5, 0.6) is 0 Å². The quantitative estimate of drug-likeness (QED) is 0.504. The van der Waals surface area contributed by atoms with Crippen LogP contribution in [0.1, 0.15) is 0 Å². The maximum atomic E-state index is 0. The van der Waals surface area contributed by atoms with E-state index in [4.69, 9.17) is 0 Å². The Labute approximate surface area is 54.1 Å². The van der Waals surface area contributed by atoms with Gasteiger partial charge in [-0.2, -0.15) is 0 Å². The second-order valence-electron chi connectivity index (χ2n) is 0. The molecule has 0 atom stereocenters. The first-order valence-electron chi connectivity index (χ1n) is 0. The molecule has 0 aliphatic carbocycles. The van der Waals surface area contributed by atoms with Gasteiger partial charge in [0.25, 0.3) is 0 Å². The molecule has 0 saturated heterocycles. The van der Waals surface area contributed by atoms with Crippen molar-refractivity contribution in [1.29, 1.82) is 0 Å². The molecule has 2 nitrogen and oxygen atoms in total. The van der Waals surface area contributed by atoms with Gasteiger partial charge in [0.1, 0.15) is 0 Å². The van der Waals surface area contributed by atoms with Crippen LogP contribution in [0.25, 0.3) is 0 Å². The van der Waals surface area contributed by atoms with Gasteiger partial charge >= 0.3 is 43.2 Å². The third-order valence-electron chi connectivity index (χ3n) is 0. The van der Waals surface area contributed by atoms with Gasteiger partial charge in [-0.15, -0.1) is 0 Å². The van der Waals surface area contributed by atoms with Crippen LogP contribution in [0, 0.1) is 0 Å². The second kappa shape index (κ2) is 27.3. The van der Waals surface area contributed by atoms with Gasteiger partial charge in [0, 0.05) is 0 Å². The molecular weight excluding hydrogens is 237 g/mol. The van der Waals surface area contributed by atoms with Crippen molar-refractivity contribution < 1.29 is 36.8 Å². The molecule has 4 heavy (non-hydrogen) atoms. The third-order valence-corrected chi connectivity index (χ3v) is 0. The standard InChI is InChI=1S/Al.Hf.2O/q+3;+4;2*-2. The summed E-state index contributed by atoms with van der Waals surface area (Å²) in [5.74, 6) is 0. The fourth-order valence-electron chi connectivity index (χ4n) is 0. The van der Waals surface area contributed by atoms with E-state index in [1.165, 1.54) is 0 Å². The number of rotatable bonds is 0. The summed E-state index contributed by atoms with van der Waals surface area (Å²) < 4.78 is 0. The number of hydrogen-bond acceptors (Lipinski definition) is 0. The van der Waals surface area contributed by atoms with Crippen molar-refractivity contribution in [3.05, 3.63) is 0 Å². The summed E-state index contributed by atoms with van der Waals surface area (Å²) in [6.07, 6.45) is 0. The maximum absolute atomic E-state index is 0. The van der Waals surface area contributed by atoms with Crippen molar-refractivity contribution in [2.75, 3.05) is 0 Å². The van der Waals surface area contributed by atoms with Crippen LogP contribution in [0.2, 0.25) is 0 Å². The average molecular weight is 237 g/mol. The van der Waals surface area contributed by atoms with E-state index in [1.54, 1.807) is 0 Å². The second-order valence-corrected chi connectivity index (χ2v) is 0. The molecule has 0 bridgehead atoms. The molecule has 0 heterocycles. The van der Waals surface area contributed by atoms with Gasteiger partial charge < -0.3 is 11.0 Å². The van der Waals surface area contributed by atoms with Gasteiger partial charge in [0.15, 0.2) is 0 Å². The van der Waals surface area contributed by atoms with Crippen molar-refractivity contribution in [2.24, 2.45) is 0 Å². The van der Waals surface area contributed by atoms with Gasteiger partial charge in [-0.05, 0) is 0 Å². The summed E-state index contributed by atoms with van der Waals surface area (Å²) in [5.41, 5.74) is 0. The van der Waals surface area contributed by atoms with Crippen LogP contribution >= 0.6 is 0 Å². The molecule has 0 aromatic rings. The predicted molar refractivity (Wildman–Crippen MR) is 7.13 cm³/mol. The van der Waals surface area contributed by atoms with Crippen LogP contribution in [-0.2, 0) is 36.8 Å². The van der Waals surface area contributed by atoms with Crippen molar-refractivity contribution >= 4 is 17.4 Å². The summed E-state index contributed by atoms with van der Waals surface area (Å²) in [4.78, 5) is 0. The molecule has 0 amide bonds. The van der Waals surface area contributed by atoms with Crippen molar-refractivity contribution in [3.63, 3.8) is 0 Å². The molecule has 0 aliphatic heterocycles. The van der Waals surface area contributed by atoms with E-state index < -0.39 is 0 Å². The molecule has 0 aromatic heterocycles. The molecule has 0 unspecified atom stereocenters. The predicted octanol–water partition coefficient (Wildman–Crippen LogP) is -0.621. The minimum atomic E-state index is 0. The monoisotopic (exact) mass is 239 g/mol. The topological polar surface area (TPSA) is 57.0 Å². The van der Waals surface area contributed by atoms with Gasteiger partial charge in [-0.25, -0.2) is 0 Å². The van der Waals surface area contributed by atoms with Crippen LogP contribution in [0.3, 0.4) is 0 Å². The average Bonchev–Trinajstić information content (AvgIpc) is 0. The molecule has 0 N–H and O–H groups in total. The van der Waals surface area contributed by atoms with Gasteiger partial charge in [0.2, 0.25) is 0 Å². The first kappa shape index (κ1) is 56.9. The molecule has 4 heteroatoms. The Hall–Kier alpha value is 1.32. The Morgan fingerprint density at radius 1 is 0.750 bits per heavy atom. The van der Waals surface area contributed by atoms with E-state index in [9.17, 15) is 0 Å². The fourth-order valence-corrected chi connectivity index (χ4v) is 0. The Morgan fingerprint density at radius 2 is 0.750 bits per heavy atom. The SMILES string of the molecule is [Al+3].[Hf+4].[O-2].[O-2]. The smallest absolute Gasteiger partial charge is 2.00 e. The normalized spacial score (nSPS) is 0. The number of hydrogen-bond donors (Lipinski definition) is 0. The van der Waals surface area contributed by atoms with Gasteiger partial charge in [-0.1, -0.05) is 0 Å². The van der Waals surface area contributed by atoms with E-state index in [0.29, 0.717) is 0 Å². The Kier molecular flexibility index (Phi) is 388.